The quantitative estimate of drug-likeness (QED) is 0.600. The zero-order chi connectivity index (χ0) is 14.9. The molecule has 0 radical (unpaired) electrons. The van der Waals surface area contributed by atoms with Crippen molar-refractivity contribution in [2.45, 2.75) is 13.0 Å². The Balaban J connectivity index is 1.91. The lowest BCUT2D eigenvalue weighted by atomic mass is 10.1. The molecule has 0 aliphatic rings. The molecular weight excluding hydrogens is 264 g/mol. The number of methoxy groups -OCH3 is 1. The normalized spacial score (nSPS) is 10.5. The van der Waals surface area contributed by atoms with E-state index in [2.05, 4.69) is 4.74 Å². The van der Waals surface area contributed by atoms with Crippen LogP contribution in [0.5, 0.6) is 5.75 Å². The number of hydrogen-bond donors (Lipinski definition) is 0. The van der Waals surface area contributed by atoms with Crippen molar-refractivity contribution in [3.8, 4) is 5.75 Å². The summed E-state index contributed by atoms with van der Waals surface area (Å²) in [5, 5.41) is 0. The van der Waals surface area contributed by atoms with Crippen LogP contribution < -0.4 is 4.74 Å². The fraction of sp³-hybridized carbons (Fsp3) is 0.167. The molecular formula is C18H18O3. The minimum Gasteiger partial charge on any atom is -0.489 e. The molecule has 0 atom stereocenters. The van der Waals surface area contributed by atoms with Crippen LogP contribution in [0, 0.1) is 0 Å². The number of hydrogen-bond acceptors (Lipinski definition) is 3. The Bertz CT molecular complexity index is 603. The average molecular weight is 282 g/mol. The van der Waals surface area contributed by atoms with E-state index in [1.165, 1.54) is 13.2 Å². The van der Waals surface area contributed by atoms with Gasteiger partial charge < -0.3 is 9.47 Å². The smallest absolute Gasteiger partial charge is 0.330 e. The number of benzene rings is 2. The first-order valence-electron chi connectivity index (χ1n) is 6.78. The van der Waals surface area contributed by atoms with Gasteiger partial charge in [-0.15, -0.1) is 0 Å². The average Bonchev–Trinajstić information content (AvgIpc) is 2.54. The molecule has 2 aromatic rings. The second-order valence-corrected chi connectivity index (χ2v) is 4.55. The van der Waals surface area contributed by atoms with Gasteiger partial charge in [-0.3, -0.25) is 0 Å². The molecule has 0 aromatic heterocycles. The molecule has 0 fully saturated rings. The van der Waals surface area contributed by atoms with Crippen molar-refractivity contribution in [2.24, 2.45) is 0 Å². The first-order chi connectivity index (χ1) is 10.3. The van der Waals surface area contributed by atoms with Crippen LogP contribution in [0.1, 0.15) is 11.1 Å². The first-order valence-corrected chi connectivity index (χ1v) is 6.78. The van der Waals surface area contributed by atoms with Gasteiger partial charge in [0, 0.05) is 6.08 Å². The summed E-state index contributed by atoms with van der Waals surface area (Å²) in [6.07, 6.45) is 3.87. The highest BCUT2D eigenvalue weighted by Gasteiger charge is 1.98. The van der Waals surface area contributed by atoms with Crippen molar-refractivity contribution in [3.05, 3.63) is 77.9 Å². The van der Waals surface area contributed by atoms with Crippen molar-refractivity contribution in [3.63, 3.8) is 0 Å². The van der Waals surface area contributed by atoms with Gasteiger partial charge in [-0.2, -0.15) is 0 Å². The maximum atomic E-state index is 11.0. The van der Waals surface area contributed by atoms with Crippen molar-refractivity contribution < 1.29 is 14.3 Å². The molecule has 108 valence electrons. The minimum absolute atomic E-state index is 0.341. The predicted molar refractivity (Wildman–Crippen MR) is 82.1 cm³/mol. The van der Waals surface area contributed by atoms with Crippen LogP contribution >= 0.6 is 0 Å². The van der Waals surface area contributed by atoms with Gasteiger partial charge in [-0.1, -0.05) is 48.5 Å². The monoisotopic (exact) mass is 282 g/mol. The number of rotatable bonds is 6. The van der Waals surface area contributed by atoms with Crippen molar-refractivity contribution >= 4 is 5.97 Å². The lowest BCUT2D eigenvalue weighted by Gasteiger charge is -2.07. The Labute approximate surface area is 124 Å². The molecule has 2 rings (SSSR count). The van der Waals surface area contributed by atoms with Crippen LogP contribution in [0.15, 0.2) is 66.7 Å². The molecule has 0 unspecified atom stereocenters. The number of esters is 1. The minimum atomic E-state index is -0.341. The van der Waals surface area contributed by atoms with E-state index in [-0.39, 0.29) is 5.97 Å². The molecule has 3 nitrogen and oxygen atoms in total. The lowest BCUT2D eigenvalue weighted by Crippen LogP contribution is -1.96. The fourth-order valence-electron chi connectivity index (χ4n) is 1.86. The molecule has 0 spiro atoms. The van der Waals surface area contributed by atoms with Gasteiger partial charge in [-0.25, -0.2) is 4.79 Å². The van der Waals surface area contributed by atoms with Gasteiger partial charge in [0.25, 0.3) is 0 Å². The van der Waals surface area contributed by atoms with Crippen LogP contribution in [-0.4, -0.2) is 13.1 Å². The summed E-state index contributed by atoms with van der Waals surface area (Å²) in [5.74, 6) is 0.481. The van der Waals surface area contributed by atoms with Crippen molar-refractivity contribution in [1.82, 2.24) is 0 Å². The molecule has 0 N–H and O–H groups in total. The van der Waals surface area contributed by atoms with Crippen molar-refractivity contribution in [2.75, 3.05) is 7.11 Å². The van der Waals surface area contributed by atoms with E-state index >= 15 is 0 Å². The zero-order valence-corrected chi connectivity index (χ0v) is 12.0. The Morgan fingerprint density at radius 1 is 1.05 bits per heavy atom. The van der Waals surface area contributed by atoms with Gasteiger partial charge in [0.2, 0.25) is 0 Å². The SMILES string of the molecule is COC(=O)C=CCc1cccc(OCc2ccccc2)c1. The molecule has 0 saturated carbocycles. The Hall–Kier alpha value is -2.55. The summed E-state index contributed by atoms with van der Waals surface area (Å²) in [6, 6.07) is 17.9. The second kappa shape index (κ2) is 7.90. The number of carbonyl (C=O) groups excluding carboxylic acids is 1. The predicted octanol–water partition coefficient (Wildman–Crippen LogP) is 3.54. The summed E-state index contributed by atoms with van der Waals surface area (Å²) >= 11 is 0. The number of carbonyl (C=O) groups is 1. The number of allylic oxidation sites excluding steroid dienone is 1. The zero-order valence-electron chi connectivity index (χ0n) is 12.0. The third-order valence-corrected chi connectivity index (χ3v) is 2.96. The van der Waals surface area contributed by atoms with Crippen LogP contribution in [0.3, 0.4) is 0 Å². The molecule has 0 amide bonds. The maximum absolute atomic E-state index is 11.0. The van der Waals surface area contributed by atoms with E-state index in [9.17, 15) is 4.79 Å². The number of ether oxygens (including phenoxy) is 2. The fourth-order valence-corrected chi connectivity index (χ4v) is 1.86. The lowest BCUT2D eigenvalue weighted by molar-refractivity contribution is -0.134. The van der Waals surface area contributed by atoms with E-state index in [0.29, 0.717) is 13.0 Å². The molecule has 3 heteroatoms. The molecule has 0 bridgehead atoms. The van der Waals surface area contributed by atoms with E-state index in [0.717, 1.165) is 16.9 Å². The highest BCUT2D eigenvalue weighted by Crippen LogP contribution is 2.15. The van der Waals surface area contributed by atoms with Gasteiger partial charge in [0.15, 0.2) is 0 Å². The standard InChI is InChI=1S/C18H18O3/c1-20-18(19)12-6-10-15-9-5-11-17(13-15)21-14-16-7-3-2-4-8-16/h2-9,11-13H,10,14H2,1H3. The maximum Gasteiger partial charge on any atom is 0.330 e. The molecule has 0 saturated heterocycles. The molecule has 0 aliphatic carbocycles. The van der Waals surface area contributed by atoms with E-state index in [4.69, 9.17) is 4.74 Å². The van der Waals surface area contributed by atoms with Gasteiger partial charge >= 0.3 is 5.97 Å². The summed E-state index contributed by atoms with van der Waals surface area (Å²) < 4.78 is 10.3. The third kappa shape index (κ3) is 5.15. The highest BCUT2D eigenvalue weighted by atomic mass is 16.5. The molecule has 0 aliphatic heterocycles. The Morgan fingerprint density at radius 3 is 2.57 bits per heavy atom. The van der Waals surface area contributed by atoms with E-state index < -0.39 is 0 Å². The van der Waals surface area contributed by atoms with Crippen LogP contribution in [0.4, 0.5) is 0 Å². The first kappa shape index (κ1) is 14.9. The second-order valence-electron chi connectivity index (χ2n) is 4.55. The molecule has 2 aromatic carbocycles. The van der Waals surface area contributed by atoms with E-state index in [1.54, 1.807) is 6.08 Å². The van der Waals surface area contributed by atoms with E-state index in [1.807, 2.05) is 54.6 Å². The Kier molecular flexibility index (Phi) is 5.59. The summed E-state index contributed by atoms with van der Waals surface area (Å²) in [5.41, 5.74) is 2.22. The molecule has 21 heavy (non-hydrogen) atoms. The van der Waals surface area contributed by atoms with Crippen LogP contribution in [0.2, 0.25) is 0 Å². The summed E-state index contributed by atoms with van der Waals surface area (Å²) in [6.45, 7) is 0.544. The van der Waals surface area contributed by atoms with Crippen LogP contribution in [0.25, 0.3) is 0 Å². The summed E-state index contributed by atoms with van der Waals surface area (Å²) in [4.78, 5) is 11.0. The van der Waals surface area contributed by atoms with Gasteiger partial charge in [0.05, 0.1) is 7.11 Å². The topological polar surface area (TPSA) is 35.5 Å². The van der Waals surface area contributed by atoms with Gasteiger partial charge in [0.1, 0.15) is 12.4 Å². The largest absolute Gasteiger partial charge is 0.489 e. The summed E-state index contributed by atoms with van der Waals surface area (Å²) in [7, 11) is 1.37. The third-order valence-electron chi connectivity index (χ3n) is 2.96. The van der Waals surface area contributed by atoms with Crippen molar-refractivity contribution in [1.29, 1.82) is 0 Å². The van der Waals surface area contributed by atoms with Gasteiger partial charge in [-0.05, 0) is 29.7 Å². The molecule has 0 heterocycles. The highest BCUT2D eigenvalue weighted by molar-refractivity contribution is 5.81. The van der Waals surface area contributed by atoms with Crippen LogP contribution in [-0.2, 0) is 22.6 Å². The Morgan fingerprint density at radius 2 is 1.81 bits per heavy atom.